The Balaban J connectivity index is 1.52. The van der Waals surface area contributed by atoms with Crippen molar-refractivity contribution in [2.45, 2.75) is 25.7 Å². The fourth-order valence-corrected chi connectivity index (χ4v) is 3.44. The van der Waals surface area contributed by atoms with Crippen molar-refractivity contribution in [3.05, 3.63) is 29.8 Å². The minimum Gasteiger partial charge on any atom is -0.452 e. The molecule has 2 fully saturated rings. The van der Waals surface area contributed by atoms with Gasteiger partial charge >= 0.3 is 5.97 Å². The lowest BCUT2D eigenvalue weighted by atomic mass is 9.97. The third-order valence-corrected chi connectivity index (χ3v) is 4.99. The molecule has 0 radical (unpaired) electrons. The summed E-state index contributed by atoms with van der Waals surface area (Å²) in [5.74, 6) is -1.63. The minimum absolute atomic E-state index is 0.0757. The van der Waals surface area contributed by atoms with Crippen LogP contribution in [0.4, 0.5) is 5.69 Å². The van der Waals surface area contributed by atoms with Gasteiger partial charge in [0.05, 0.1) is 11.5 Å². The van der Waals surface area contributed by atoms with E-state index in [-0.39, 0.29) is 30.9 Å². The van der Waals surface area contributed by atoms with Crippen LogP contribution in [0.15, 0.2) is 24.3 Å². The van der Waals surface area contributed by atoms with Gasteiger partial charge in [-0.1, -0.05) is 0 Å². The highest BCUT2D eigenvalue weighted by Crippen LogP contribution is 2.22. The lowest BCUT2D eigenvalue weighted by Crippen LogP contribution is -2.45. The van der Waals surface area contributed by atoms with Crippen LogP contribution in [0, 0.1) is 5.92 Å². The predicted molar refractivity (Wildman–Crippen MR) is 96.8 cm³/mol. The van der Waals surface area contributed by atoms with Gasteiger partial charge in [-0.3, -0.25) is 14.4 Å². The minimum atomic E-state index is -0.605. The maximum Gasteiger partial charge on any atom is 0.338 e. The molecule has 1 aromatic carbocycles. The first kappa shape index (κ1) is 18.9. The average molecular weight is 373 g/mol. The van der Waals surface area contributed by atoms with Crippen LogP contribution in [0.1, 0.15) is 36.0 Å². The van der Waals surface area contributed by atoms with Crippen molar-refractivity contribution >= 4 is 29.4 Å². The summed E-state index contributed by atoms with van der Waals surface area (Å²) in [5.41, 5.74) is 6.37. The highest BCUT2D eigenvalue weighted by atomic mass is 16.5. The molecule has 2 aliphatic rings. The Morgan fingerprint density at radius 1 is 1.11 bits per heavy atom. The number of anilines is 1. The zero-order valence-electron chi connectivity index (χ0n) is 15.1. The van der Waals surface area contributed by atoms with Crippen molar-refractivity contribution in [2.75, 3.05) is 31.1 Å². The Kier molecular flexibility index (Phi) is 5.73. The maximum absolute atomic E-state index is 12.2. The van der Waals surface area contributed by atoms with Crippen molar-refractivity contribution < 1.29 is 23.9 Å². The normalized spacial score (nSPS) is 19.9. The number of ether oxygens (including phenoxy) is 1. The van der Waals surface area contributed by atoms with E-state index in [1.54, 1.807) is 29.2 Å². The Bertz CT molecular complexity index is 746. The molecular formula is C19H23N3O5. The molecule has 0 aliphatic carbocycles. The highest BCUT2D eigenvalue weighted by Gasteiger charge is 2.27. The van der Waals surface area contributed by atoms with E-state index in [0.29, 0.717) is 37.9 Å². The number of rotatable bonds is 5. The van der Waals surface area contributed by atoms with Gasteiger partial charge in [-0.05, 0) is 43.5 Å². The molecule has 8 heteroatoms. The van der Waals surface area contributed by atoms with Crippen LogP contribution in [0.5, 0.6) is 0 Å². The van der Waals surface area contributed by atoms with Crippen molar-refractivity contribution in [3.8, 4) is 0 Å². The summed E-state index contributed by atoms with van der Waals surface area (Å²) < 4.78 is 5.10. The van der Waals surface area contributed by atoms with E-state index in [9.17, 15) is 19.2 Å². The molecule has 1 atom stereocenters. The van der Waals surface area contributed by atoms with E-state index in [1.165, 1.54) is 4.90 Å². The Labute approximate surface area is 157 Å². The molecule has 0 spiro atoms. The second-order valence-corrected chi connectivity index (χ2v) is 6.85. The van der Waals surface area contributed by atoms with E-state index in [0.717, 1.165) is 12.1 Å². The first-order valence-corrected chi connectivity index (χ1v) is 9.10. The van der Waals surface area contributed by atoms with Crippen LogP contribution in [-0.4, -0.2) is 54.8 Å². The largest absolute Gasteiger partial charge is 0.452 e. The van der Waals surface area contributed by atoms with Gasteiger partial charge < -0.3 is 20.3 Å². The molecule has 0 saturated carbocycles. The molecule has 0 unspecified atom stereocenters. The van der Waals surface area contributed by atoms with Crippen LogP contribution in [0.25, 0.3) is 0 Å². The topological polar surface area (TPSA) is 110 Å². The fourth-order valence-electron chi connectivity index (χ4n) is 3.44. The number of esters is 1. The first-order chi connectivity index (χ1) is 13.0. The van der Waals surface area contributed by atoms with Crippen molar-refractivity contribution in [1.29, 1.82) is 0 Å². The highest BCUT2D eigenvalue weighted by molar-refractivity contribution is 5.96. The molecule has 2 aliphatic heterocycles. The van der Waals surface area contributed by atoms with Gasteiger partial charge in [0.25, 0.3) is 5.91 Å². The fraction of sp³-hybridized carbons (Fsp3) is 0.474. The van der Waals surface area contributed by atoms with Crippen LogP contribution in [-0.2, 0) is 19.1 Å². The molecule has 0 bridgehead atoms. The molecule has 3 amide bonds. The molecule has 3 rings (SSSR count). The Morgan fingerprint density at radius 3 is 2.48 bits per heavy atom. The summed E-state index contributed by atoms with van der Waals surface area (Å²) >= 11 is 0. The SMILES string of the molecule is NC(=O)[C@H]1CCCN(C(=O)COC(=O)c2ccc(N3CCCC3=O)cc2)C1. The second kappa shape index (κ2) is 8.20. The molecule has 144 valence electrons. The number of benzene rings is 1. The number of nitrogens with zero attached hydrogens (tertiary/aromatic N) is 2. The van der Waals surface area contributed by atoms with E-state index in [1.807, 2.05) is 0 Å². The molecule has 2 N–H and O–H groups in total. The molecule has 27 heavy (non-hydrogen) atoms. The summed E-state index contributed by atoms with van der Waals surface area (Å²) in [4.78, 5) is 50.6. The smallest absolute Gasteiger partial charge is 0.338 e. The molecule has 0 aromatic heterocycles. The summed E-state index contributed by atoms with van der Waals surface area (Å²) in [6.45, 7) is 1.10. The predicted octanol–water partition coefficient (Wildman–Crippen LogP) is 0.694. The van der Waals surface area contributed by atoms with Gasteiger partial charge in [0.1, 0.15) is 0 Å². The monoisotopic (exact) mass is 373 g/mol. The third-order valence-electron chi connectivity index (χ3n) is 4.99. The number of nitrogens with two attached hydrogens (primary N) is 1. The number of likely N-dealkylation sites (tertiary alicyclic amines) is 1. The molecule has 8 nitrogen and oxygen atoms in total. The number of primary amides is 1. The maximum atomic E-state index is 12.2. The second-order valence-electron chi connectivity index (χ2n) is 6.85. The molecule has 2 saturated heterocycles. The van der Waals surface area contributed by atoms with Crippen LogP contribution in [0.3, 0.4) is 0 Å². The number of amides is 3. The van der Waals surface area contributed by atoms with Gasteiger partial charge in [0.2, 0.25) is 11.8 Å². The zero-order valence-corrected chi connectivity index (χ0v) is 15.1. The van der Waals surface area contributed by atoms with Crippen molar-refractivity contribution in [3.63, 3.8) is 0 Å². The lowest BCUT2D eigenvalue weighted by Gasteiger charge is -2.31. The van der Waals surface area contributed by atoms with E-state index in [2.05, 4.69) is 0 Å². The summed E-state index contributed by atoms with van der Waals surface area (Å²) in [6.07, 6.45) is 2.74. The Morgan fingerprint density at radius 2 is 1.85 bits per heavy atom. The quantitative estimate of drug-likeness (QED) is 0.764. The number of carbonyl (C=O) groups is 4. The number of hydrogen-bond donors (Lipinski definition) is 1. The van der Waals surface area contributed by atoms with Gasteiger partial charge in [-0.2, -0.15) is 0 Å². The number of piperidine rings is 1. The van der Waals surface area contributed by atoms with Gasteiger partial charge in [0, 0.05) is 31.7 Å². The molecular weight excluding hydrogens is 350 g/mol. The van der Waals surface area contributed by atoms with E-state index < -0.39 is 11.9 Å². The molecule has 1 aromatic rings. The number of carbonyl (C=O) groups excluding carboxylic acids is 4. The average Bonchev–Trinajstić information content (AvgIpc) is 3.12. The summed E-state index contributed by atoms with van der Waals surface area (Å²) in [5, 5.41) is 0. The van der Waals surface area contributed by atoms with E-state index >= 15 is 0 Å². The Hall–Kier alpha value is -2.90. The van der Waals surface area contributed by atoms with Crippen molar-refractivity contribution in [2.24, 2.45) is 11.7 Å². The standard InChI is InChI=1S/C19H23N3O5/c20-18(25)14-3-1-9-21(11-14)17(24)12-27-19(26)13-5-7-15(8-6-13)22-10-2-4-16(22)23/h5-8,14H,1-4,9-12H2,(H2,20,25)/t14-/m0/s1. The van der Waals surface area contributed by atoms with Crippen LogP contribution < -0.4 is 10.6 Å². The summed E-state index contributed by atoms with van der Waals surface area (Å²) in [7, 11) is 0. The van der Waals surface area contributed by atoms with E-state index in [4.69, 9.17) is 10.5 Å². The summed E-state index contributed by atoms with van der Waals surface area (Å²) in [6, 6.07) is 6.56. The van der Waals surface area contributed by atoms with Gasteiger partial charge in [-0.25, -0.2) is 4.79 Å². The molecule has 2 heterocycles. The van der Waals surface area contributed by atoms with Gasteiger partial charge in [0.15, 0.2) is 6.61 Å². The first-order valence-electron chi connectivity index (χ1n) is 9.10. The lowest BCUT2D eigenvalue weighted by molar-refractivity contribution is -0.137. The third kappa shape index (κ3) is 4.45. The van der Waals surface area contributed by atoms with Crippen molar-refractivity contribution in [1.82, 2.24) is 4.90 Å². The zero-order chi connectivity index (χ0) is 19.4. The van der Waals surface area contributed by atoms with Gasteiger partial charge in [-0.15, -0.1) is 0 Å². The number of hydrogen-bond acceptors (Lipinski definition) is 5. The van der Waals surface area contributed by atoms with Crippen LogP contribution in [0.2, 0.25) is 0 Å². The van der Waals surface area contributed by atoms with Crippen LogP contribution >= 0.6 is 0 Å².